The second-order valence-corrected chi connectivity index (χ2v) is 5.73. The minimum atomic E-state index is -0.880. The third-order valence-corrected chi connectivity index (χ3v) is 4.14. The van der Waals surface area contributed by atoms with Crippen molar-refractivity contribution in [3.63, 3.8) is 0 Å². The predicted octanol–water partition coefficient (Wildman–Crippen LogP) is 1.92. The third-order valence-electron chi connectivity index (χ3n) is 3.10. The van der Waals surface area contributed by atoms with Crippen molar-refractivity contribution in [3.8, 4) is 5.19 Å². The summed E-state index contributed by atoms with van der Waals surface area (Å²) in [6.07, 6.45) is -1.27. The zero-order valence-electron chi connectivity index (χ0n) is 12.7. The molecule has 1 aromatic heterocycles. The molecule has 2 heterocycles. The molecule has 0 spiro atoms. The van der Waals surface area contributed by atoms with Crippen LogP contribution < -0.4 is 9.64 Å². The van der Waals surface area contributed by atoms with Crippen molar-refractivity contribution in [2.75, 3.05) is 37.6 Å². The number of nitrogens with zero attached hydrogens (tertiary/aromatic N) is 4. The largest absolute Gasteiger partial charge is 0.510 e. The van der Waals surface area contributed by atoms with Crippen LogP contribution in [-0.2, 0) is 9.47 Å². The summed E-state index contributed by atoms with van der Waals surface area (Å²) in [5.74, 6) is 0.166. The molecule has 0 saturated carbocycles. The van der Waals surface area contributed by atoms with E-state index in [1.165, 1.54) is 12.0 Å². The zero-order chi connectivity index (χ0) is 16.8. The van der Waals surface area contributed by atoms with E-state index in [1.807, 2.05) is 6.92 Å². The van der Waals surface area contributed by atoms with E-state index in [0.717, 1.165) is 11.3 Å². The standard InChI is InChI=1S/C12H17ClN4O5S/c1-3-16-6-4-8(22-12(19)21-7-5-13)17(11(16)18)9-14-15-10(20-2)23-9/h8H,3-7H2,1-2H3. The van der Waals surface area contributed by atoms with Gasteiger partial charge in [0.25, 0.3) is 5.19 Å². The van der Waals surface area contributed by atoms with E-state index in [2.05, 4.69) is 10.2 Å². The number of ether oxygens (including phenoxy) is 3. The van der Waals surface area contributed by atoms with Crippen LogP contribution in [0.1, 0.15) is 13.3 Å². The van der Waals surface area contributed by atoms with Gasteiger partial charge in [-0.15, -0.1) is 16.7 Å². The summed E-state index contributed by atoms with van der Waals surface area (Å²) in [5.41, 5.74) is 0. The number of rotatable bonds is 6. The van der Waals surface area contributed by atoms with Crippen molar-refractivity contribution < 1.29 is 23.8 Å². The van der Waals surface area contributed by atoms with Crippen LogP contribution in [0.2, 0.25) is 0 Å². The third kappa shape index (κ3) is 4.14. The molecule has 128 valence electrons. The highest BCUT2D eigenvalue weighted by molar-refractivity contribution is 7.17. The Balaban J connectivity index is 2.17. The minimum Gasteiger partial charge on any atom is -0.472 e. The lowest BCUT2D eigenvalue weighted by atomic mass is 10.2. The number of amides is 2. The van der Waals surface area contributed by atoms with Crippen LogP contribution >= 0.6 is 22.9 Å². The lowest BCUT2D eigenvalue weighted by Gasteiger charge is -2.38. The number of carbonyl (C=O) groups is 2. The van der Waals surface area contributed by atoms with Gasteiger partial charge >= 0.3 is 12.2 Å². The summed E-state index contributed by atoms with van der Waals surface area (Å²) < 4.78 is 15.0. The molecule has 1 saturated heterocycles. The lowest BCUT2D eigenvalue weighted by molar-refractivity contribution is 0.0156. The van der Waals surface area contributed by atoms with Crippen LogP contribution in [0.15, 0.2) is 0 Å². The number of hydrogen-bond donors (Lipinski definition) is 0. The number of alkyl halides is 1. The van der Waals surface area contributed by atoms with E-state index >= 15 is 0 Å². The first kappa shape index (κ1) is 17.5. The van der Waals surface area contributed by atoms with Crippen molar-refractivity contribution in [3.05, 3.63) is 0 Å². The Hall–Kier alpha value is -1.81. The average Bonchev–Trinajstić information content (AvgIpc) is 3.02. The summed E-state index contributed by atoms with van der Waals surface area (Å²) in [4.78, 5) is 27.1. The molecule has 1 aliphatic rings. The molecule has 1 aliphatic heterocycles. The highest BCUT2D eigenvalue weighted by Crippen LogP contribution is 2.31. The van der Waals surface area contributed by atoms with Gasteiger partial charge in [0, 0.05) is 19.5 Å². The van der Waals surface area contributed by atoms with Crippen LogP contribution in [0.4, 0.5) is 14.7 Å². The van der Waals surface area contributed by atoms with Gasteiger partial charge in [-0.25, -0.2) is 14.5 Å². The normalized spacial score (nSPS) is 18.0. The molecule has 1 unspecified atom stereocenters. The zero-order valence-corrected chi connectivity index (χ0v) is 14.3. The van der Waals surface area contributed by atoms with E-state index in [4.69, 9.17) is 25.8 Å². The molecule has 2 rings (SSSR count). The number of urea groups is 1. The van der Waals surface area contributed by atoms with Gasteiger partial charge in [0.15, 0.2) is 6.23 Å². The highest BCUT2D eigenvalue weighted by atomic mass is 35.5. The van der Waals surface area contributed by atoms with Gasteiger partial charge in [0.1, 0.15) is 6.61 Å². The molecule has 0 aromatic carbocycles. The Morgan fingerprint density at radius 1 is 1.48 bits per heavy atom. The van der Waals surface area contributed by atoms with Crippen molar-refractivity contribution in [2.24, 2.45) is 0 Å². The molecule has 0 aliphatic carbocycles. The van der Waals surface area contributed by atoms with E-state index in [-0.39, 0.29) is 18.5 Å². The molecule has 1 aromatic rings. The second kappa shape index (κ2) is 8.16. The first-order valence-electron chi connectivity index (χ1n) is 6.95. The lowest BCUT2D eigenvalue weighted by Crippen LogP contribution is -2.56. The number of aromatic nitrogens is 2. The fourth-order valence-corrected chi connectivity index (χ4v) is 2.80. The number of halogens is 1. The van der Waals surface area contributed by atoms with Crippen LogP contribution in [-0.4, -0.2) is 66.2 Å². The van der Waals surface area contributed by atoms with Gasteiger partial charge in [0.2, 0.25) is 5.13 Å². The molecule has 1 fully saturated rings. The SMILES string of the molecule is CCN1CCC(OC(=O)OCCCl)N(c2nnc(OC)s2)C1=O. The van der Waals surface area contributed by atoms with Crippen LogP contribution in [0.5, 0.6) is 5.19 Å². The molecule has 0 N–H and O–H groups in total. The summed E-state index contributed by atoms with van der Waals surface area (Å²) in [6, 6.07) is -0.312. The molecule has 23 heavy (non-hydrogen) atoms. The number of hydrogen-bond acceptors (Lipinski definition) is 8. The van der Waals surface area contributed by atoms with Gasteiger partial charge in [-0.1, -0.05) is 5.10 Å². The maximum Gasteiger partial charge on any atom is 0.510 e. The summed E-state index contributed by atoms with van der Waals surface area (Å²) in [7, 11) is 1.46. The highest BCUT2D eigenvalue weighted by Gasteiger charge is 2.38. The van der Waals surface area contributed by atoms with Gasteiger partial charge in [-0.2, -0.15) is 0 Å². The van der Waals surface area contributed by atoms with Gasteiger partial charge in [-0.3, -0.25) is 0 Å². The summed E-state index contributed by atoms with van der Waals surface area (Å²) >= 11 is 6.54. The van der Waals surface area contributed by atoms with Crippen LogP contribution in [0.25, 0.3) is 0 Å². The van der Waals surface area contributed by atoms with E-state index in [0.29, 0.717) is 29.8 Å². The average molecular weight is 365 g/mol. The maximum atomic E-state index is 12.6. The molecular weight excluding hydrogens is 348 g/mol. The monoisotopic (exact) mass is 364 g/mol. The first-order chi connectivity index (χ1) is 11.1. The molecule has 0 bridgehead atoms. The Kier molecular flexibility index (Phi) is 6.22. The van der Waals surface area contributed by atoms with E-state index in [1.54, 1.807) is 4.90 Å². The predicted molar refractivity (Wildman–Crippen MR) is 83.1 cm³/mol. The fraction of sp³-hybridized carbons (Fsp3) is 0.667. The number of carbonyl (C=O) groups excluding carboxylic acids is 2. The first-order valence-corrected chi connectivity index (χ1v) is 8.30. The molecule has 9 nitrogen and oxygen atoms in total. The molecule has 1 atom stereocenters. The van der Waals surface area contributed by atoms with Gasteiger partial charge in [0.05, 0.1) is 13.0 Å². The number of methoxy groups -OCH3 is 1. The van der Waals surface area contributed by atoms with E-state index in [9.17, 15) is 9.59 Å². The Labute approximate surface area is 142 Å². The Morgan fingerprint density at radius 3 is 2.87 bits per heavy atom. The van der Waals surface area contributed by atoms with Crippen molar-refractivity contribution in [2.45, 2.75) is 19.6 Å². The van der Waals surface area contributed by atoms with Crippen LogP contribution in [0.3, 0.4) is 0 Å². The van der Waals surface area contributed by atoms with Crippen molar-refractivity contribution in [1.82, 2.24) is 15.1 Å². The van der Waals surface area contributed by atoms with Crippen LogP contribution in [0, 0.1) is 0 Å². The molecule has 11 heteroatoms. The van der Waals surface area contributed by atoms with Gasteiger partial charge < -0.3 is 19.1 Å². The number of anilines is 1. The Morgan fingerprint density at radius 2 is 2.26 bits per heavy atom. The molecular formula is C12H17ClN4O5S. The van der Waals surface area contributed by atoms with Gasteiger partial charge in [-0.05, 0) is 18.3 Å². The molecule has 0 radical (unpaired) electrons. The topological polar surface area (TPSA) is 94.1 Å². The smallest absolute Gasteiger partial charge is 0.472 e. The maximum absolute atomic E-state index is 12.6. The second-order valence-electron chi connectivity index (χ2n) is 4.44. The fourth-order valence-electron chi connectivity index (χ4n) is 2.03. The minimum absolute atomic E-state index is 0.0365. The Bertz CT molecular complexity index is 557. The summed E-state index contributed by atoms with van der Waals surface area (Å²) in [5, 5.41) is 8.32. The quantitative estimate of drug-likeness (QED) is 0.562. The summed E-state index contributed by atoms with van der Waals surface area (Å²) in [6.45, 7) is 2.91. The van der Waals surface area contributed by atoms with E-state index < -0.39 is 12.4 Å². The molecule has 2 amide bonds. The van der Waals surface area contributed by atoms with Crippen molar-refractivity contribution in [1.29, 1.82) is 0 Å². The van der Waals surface area contributed by atoms with Crippen molar-refractivity contribution >= 4 is 40.3 Å².